The lowest BCUT2D eigenvalue weighted by Crippen LogP contribution is -2.17. The van der Waals surface area contributed by atoms with Gasteiger partial charge in [-0.3, -0.25) is 14.8 Å². The number of rotatable bonds is 3. The molecule has 3 aromatic rings. The molecular formula is C13H11IN4O3S2. The van der Waals surface area contributed by atoms with E-state index in [0.717, 1.165) is 9.83 Å². The monoisotopic (exact) mass is 462 g/mol. The van der Waals surface area contributed by atoms with Crippen LogP contribution in [-0.4, -0.2) is 35.3 Å². The first-order valence-corrected chi connectivity index (χ1v) is 10.1. The van der Waals surface area contributed by atoms with Gasteiger partial charge in [0.15, 0.2) is 15.0 Å². The molecule has 0 fully saturated rings. The zero-order valence-electron chi connectivity index (χ0n) is 12.1. The number of aryl methyl sites for hydroxylation is 1. The van der Waals surface area contributed by atoms with Crippen LogP contribution in [0.1, 0.15) is 10.5 Å². The van der Waals surface area contributed by atoms with Gasteiger partial charge in [0.1, 0.15) is 5.69 Å². The molecule has 0 unspecified atom stereocenters. The average Bonchev–Trinajstić information content (AvgIpc) is 2.99. The number of carbonyl (C=O) groups excluding carboxylic acids is 1. The van der Waals surface area contributed by atoms with E-state index in [1.165, 1.54) is 22.1 Å². The highest BCUT2D eigenvalue weighted by Gasteiger charge is 2.17. The Kier molecular flexibility index (Phi) is 4.14. The van der Waals surface area contributed by atoms with E-state index in [0.29, 0.717) is 21.0 Å². The number of aromatic nitrogens is 3. The number of amides is 1. The van der Waals surface area contributed by atoms with Crippen LogP contribution >= 0.6 is 33.9 Å². The Hall–Kier alpha value is -1.53. The summed E-state index contributed by atoms with van der Waals surface area (Å²) in [6.45, 7) is 0. The molecule has 0 aliphatic rings. The number of hydrogen-bond donors (Lipinski definition) is 1. The normalized spacial score (nSPS) is 11.8. The molecule has 7 nitrogen and oxygen atoms in total. The number of sulfone groups is 1. The highest BCUT2D eigenvalue weighted by molar-refractivity contribution is 14.1. The van der Waals surface area contributed by atoms with Crippen LogP contribution < -0.4 is 5.32 Å². The third kappa shape index (κ3) is 3.23. The molecule has 0 atom stereocenters. The van der Waals surface area contributed by atoms with Gasteiger partial charge >= 0.3 is 0 Å². The predicted molar refractivity (Wildman–Crippen MR) is 96.6 cm³/mol. The largest absolute Gasteiger partial charge is 0.296 e. The van der Waals surface area contributed by atoms with Crippen LogP contribution in [-0.2, 0) is 16.9 Å². The van der Waals surface area contributed by atoms with Gasteiger partial charge in [-0.25, -0.2) is 13.4 Å². The molecule has 2 aromatic heterocycles. The summed E-state index contributed by atoms with van der Waals surface area (Å²) < 4.78 is 26.1. The summed E-state index contributed by atoms with van der Waals surface area (Å²) in [6.07, 6.45) is 2.76. The van der Waals surface area contributed by atoms with Crippen LogP contribution in [0.2, 0.25) is 0 Å². The lowest BCUT2D eigenvalue weighted by Gasteiger charge is -2.02. The van der Waals surface area contributed by atoms with Crippen molar-refractivity contribution in [2.24, 2.45) is 7.05 Å². The smallest absolute Gasteiger partial charge is 0.276 e. The van der Waals surface area contributed by atoms with Crippen LogP contribution in [0.3, 0.4) is 0 Å². The van der Waals surface area contributed by atoms with E-state index in [9.17, 15) is 13.2 Å². The van der Waals surface area contributed by atoms with Crippen molar-refractivity contribution < 1.29 is 13.2 Å². The highest BCUT2D eigenvalue weighted by Crippen LogP contribution is 2.28. The number of carbonyl (C=O) groups is 1. The van der Waals surface area contributed by atoms with Gasteiger partial charge in [0.25, 0.3) is 5.91 Å². The van der Waals surface area contributed by atoms with Crippen LogP contribution in [0, 0.1) is 3.57 Å². The fraction of sp³-hybridized carbons (Fsp3) is 0.154. The summed E-state index contributed by atoms with van der Waals surface area (Å²) in [5, 5.41) is 7.16. The van der Waals surface area contributed by atoms with Gasteiger partial charge in [0.05, 0.1) is 24.9 Å². The number of thiazole rings is 1. The molecule has 120 valence electrons. The van der Waals surface area contributed by atoms with Crippen molar-refractivity contribution in [3.05, 3.63) is 33.7 Å². The third-order valence-electron chi connectivity index (χ3n) is 3.12. The molecule has 23 heavy (non-hydrogen) atoms. The minimum Gasteiger partial charge on any atom is -0.296 e. The Morgan fingerprint density at radius 1 is 1.39 bits per heavy atom. The minimum atomic E-state index is -3.28. The molecule has 2 heterocycles. The van der Waals surface area contributed by atoms with Gasteiger partial charge in [0.2, 0.25) is 0 Å². The van der Waals surface area contributed by atoms with E-state index in [-0.39, 0.29) is 10.8 Å². The SMILES string of the molecule is Cn1ncc(I)c1C(=O)Nc1nc2ccc(S(C)(=O)=O)cc2s1. The van der Waals surface area contributed by atoms with Crippen molar-refractivity contribution in [2.75, 3.05) is 11.6 Å². The number of benzene rings is 1. The Morgan fingerprint density at radius 3 is 2.74 bits per heavy atom. The fourth-order valence-electron chi connectivity index (χ4n) is 2.01. The standard InChI is InChI=1S/C13H11IN4O3S2/c1-18-11(8(14)6-15-18)12(19)17-13-16-9-4-3-7(23(2,20)21)5-10(9)22-13/h3-6H,1-2H3,(H,16,17,19). The van der Waals surface area contributed by atoms with E-state index in [1.807, 2.05) is 22.6 Å². The molecule has 1 aromatic carbocycles. The average molecular weight is 462 g/mol. The highest BCUT2D eigenvalue weighted by atomic mass is 127. The van der Waals surface area contributed by atoms with Gasteiger partial charge < -0.3 is 0 Å². The quantitative estimate of drug-likeness (QED) is 0.603. The second-order valence-corrected chi connectivity index (χ2v) is 9.05. The third-order valence-corrected chi connectivity index (χ3v) is 5.95. The molecule has 1 amide bonds. The summed E-state index contributed by atoms with van der Waals surface area (Å²) in [6, 6.07) is 4.70. The first kappa shape index (κ1) is 16.3. The molecular weight excluding hydrogens is 451 g/mol. The Labute approximate surface area is 149 Å². The van der Waals surface area contributed by atoms with Gasteiger partial charge in [-0.1, -0.05) is 11.3 Å². The Balaban J connectivity index is 1.94. The van der Waals surface area contributed by atoms with Crippen LogP contribution in [0.5, 0.6) is 0 Å². The van der Waals surface area contributed by atoms with Crippen LogP contribution in [0.15, 0.2) is 29.3 Å². The van der Waals surface area contributed by atoms with E-state index in [4.69, 9.17) is 0 Å². The maximum Gasteiger partial charge on any atom is 0.276 e. The second-order valence-electron chi connectivity index (χ2n) is 4.84. The summed E-state index contributed by atoms with van der Waals surface area (Å²) in [7, 11) is -1.59. The summed E-state index contributed by atoms with van der Waals surface area (Å²) in [5.74, 6) is -0.309. The first-order valence-electron chi connectivity index (χ1n) is 6.35. The number of hydrogen-bond acceptors (Lipinski definition) is 6. The summed E-state index contributed by atoms with van der Waals surface area (Å²) >= 11 is 3.26. The maximum absolute atomic E-state index is 12.3. The molecule has 0 saturated carbocycles. The first-order chi connectivity index (χ1) is 10.8. The van der Waals surface area contributed by atoms with Crippen LogP contribution in [0.4, 0.5) is 5.13 Å². The van der Waals surface area contributed by atoms with E-state index < -0.39 is 9.84 Å². The number of anilines is 1. The number of nitrogens with one attached hydrogen (secondary N) is 1. The molecule has 0 radical (unpaired) electrons. The van der Waals surface area contributed by atoms with Gasteiger partial charge in [-0.15, -0.1) is 0 Å². The summed E-state index contributed by atoms with van der Waals surface area (Å²) in [5.41, 5.74) is 1.08. The van der Waals surface area contributed by atoms with Crippen molar-refractivity contribution in [1.82, 2.24) is 14.8 Å². The van der Waals surface area contributed by atoms with Gasteiger partial charge in [-0.05, 0) is 40.8 Å². The van der Waals surface area contributed by atoms with E-state index in [2.05, 4.69) is 15.4 Å². The number of halogens is 1. The van der Waals surface area contributed by atoms with Gasteiger partial charge in [-0.2, -0.15) is 5.10 Å². The minimum absolute atomic E-state index is 0.229. The fourth-order valence-corrected chi connectivity index (χ4v) is 4.35. The van der Waals surface area contributed by atoms with Crippen molar-refractivity contribution in [1.29, 1.82) is 0 Å². The zero-order chi connectivity index (χ0) is 16.8. The van der Waals surface area contributed by atoms with Gasteiger partial charge in [0, 0.05) is 13.3 Å². The second kappa shape index (κ2) is 5.83. The number of nitrogens with zero attached hydrogens (tertiary/aromatic N) is 3. The molecule has 10 heteroatoms. The molecule has 0 aliphatic carbocycles. The van der Waals surface area contributed by atoms with Crippen molar-refractivity contribution in [3.63, 3.8) is 0 Å². The van der Waals surface area contributed by atoms with Crippen molar-refractivity contribution in [3.8, 4) is 0 Å². The molecule has 3 rings (SSSR count). The molecule has 0 spiro atoms. The van der Waals surface area contributed by atoms with Crippen molar-refractivity contribution in [2.45, 2.75) is 4.90 Å². The Morgan fingerprint density at radius 2 is 2.13 bits per heavy atom. The lowest BCUT2D eigenvalue weighted by atomic mass is 10.3. The topological polar surface area (TPSA) is 93.9 Å². The lowest BCUT2D eigenvalue weighted by molar-refractivity contribution is 0.101. The van der Waals surface area contributed by atoms with Crippen molar-refractivity contribution >= 4 is 65.0 Å². The molecule has 1 N–H and O–H groups in total. The zero-order valence-corrected chi connectivity index (χ0v) is 15.9. The maximum atomic E-state index is 12.3. The van der Waals surface area contributed by atoms with E-state index in [1.54, 1.807) is 25.4 Å². The molecule has 0 saturated heterocycles. The molecule has 0 aliphatic heterocycles. The predicted octanol–water partition coefficient (Wildman–Crippen LogP) is 2.29. The molecule has 0 bridgehead atoms. The Bertz CT molecular complexity index is 1000. The van der Waals surface area contributed by atoms with E-state index >= 15 is 0 Å². The summed E-state index contributed by atoms with van der Waals surface area (Å²) in [4.78, 5) is 16.8. The number of fused-ring (bicyclic) bond motifs is 1. The van der Waals surface area contributed by atoms with Crippen LogP contribution in [0.25, 0.3) is 10.2 Å².